The minimum Gasteiger partial charge on any atom is -0.355 e. The molecular formula is C19H20ClF3N2O3S. The molecule has 5 nitrogen and oxygen atoms in total. The summed E-state index contributed by atoms with van der Waals surface area (Å²) in [7, 11) is -4.34. The van der Waals surface area contributed by atoms with Gasteiger partial charge in [-0.05, 0) is 36.8 Å². The molecule has 29 heavy (non-hydrogen) atoms. The molecule has 1 amide bonds. The van der Waals surface area contributed by atoms with Crippen molar-refractivity contribution in [2.75, 3.05) is 17.4 Å². The number of rotatable bonds is 8. The van der Waals surface area contributed by atoms with Crippen LogP contribution in [0.5, 0.6) is 0 Å². The molecule has 0 aliphatic heterocycles. The molecule has 0 radical (unpaired) electrons. The molecule has 0 heterocycles. The fourth-order valence-electron chi connectivity index (χ4n) is 2.49. The zero-order valence-electron chi connectivity index (χ0n) is 15.5. The highest BCUT2D eigenvalue weighted by Gasteiger charge is 2.34. The maximum Gasteiger partial charge on any atom is 0.416 e. The van der Waals surface area contributed by atoms with Crippen LogP contribution < -0.4 is 9.62 Å². The SMILES string of the molecule is CCCCNC(=O)CN(c1cc(C(F)(F)F)ccc1Cl)S(=O)(=O)c1ccccc1. The van der Waals surface area contributed by atoms with E-state index >= 15 is 0 Å². The van der Waals surface area contributed by atoms with Gasteiger partial charge in [-0.15, -0.1) is 0 Å². The van der Waals surface area contributed by atoms with E-state index in [-0.39, 0.29) is 9.92 Å². The van der Waals surface area contributed by atoms with Crippen LogP contribution in [0.3, 0.4) is 0 Å². The number of carbonyl (C=O) groups is 1. The lowest BCUT2D eigenvalue weighted by atomic mass is 10.2. The molecule has 0 saturated carbocycles. The van der Waals surface area contributed by atoms with Crippen molar-refractivity contribution in [3.05, 3.63) is 59.1 Å². The molecule has 2 rings (SSSR count). The minimum atomic E-state index is -4.70. The van der Waals surface area contributed by atoms with Crippen molar-refractivity contribution in [2.24, 2.45) is 0 Å². The van der Waals surface area contributed by atoms with Crippen LogP contribution in [0.1, 0.15) is 25.3 Å². The van der Waals surface area contributed by atoms with Crippen LogP contribution in [0.2, 0.25) is 5.02 Å². The van der Waals surface area contributed by atoms with E-state index in [1.165, 1.54) is 24.3 Å². The number of benzene rings is 2. The Morgan fingerprint density at radius 1 is 1.14 bits per heavy atom. The Labute approximate surface area is 172 Å². The number of carbonyl (C=O) groups excluding carboxylic acids is 1. The second-order valence-electron chi connectivity index (χ2n) is 6.19. The number of hydrogen-bond acceptors (Lipinski definition) is 3. The Bertz CT molecular complexity index is 951. The number of amides is 1. The summed E-state index contributed by atoms with van der Waals surface area (Å²) in [5.74, 6) is -0.647. The number of anilines is 1. The number of nitrogens with zero attached hydrogens (tertiary/aromatic N) is 1. The summed E-state index contributed by atoms with van der Waals surface area (Å²) in [5, 5.41) is 2.34. The highest BCUT2D eigenvalue weighted by Crippen LogP contribution is 2.37. The summed E-state index contributed by atoms with van der Waals surface area (Å²) in [6.07, 6.45) is -3.21. The van der Waals surface area contributed by atoms with Gasteiger partial charge in [0.25, 0.3) is 10.0 Å². The number of unbranched alkanes of at least 4 members (excludes halogenated alkanes) is 1. The zero-order valence-corrected chi connectivity index (χ0v) is 17.1. The highest BCUT2D eigenvalue weighted by molar-refractivity contribution is 7.92. The van der Waals surface area contributed by atoms with Crippen molar-refractivity contribution in [2.45, 2.75) is 30.8 Å². The standard InChI is InChI=1S/C19H20ClF3N2O3S/c1-2-3-11-24-18(26)13-25(29(27,28)15-7-5-4-6-8-15)17-12-14(19(21,22)23)9-10-16(17)20/h4-10,12H,2-3,11,13H2,1H3,(H,24,26). The van der Waals surface area contributed by atoms with Crippen molar-refractivity contribution < 1.29 is 26.4 Å². The first kappa shape index (κ1) is 23.0. The first-order valence-corrected chi connectivity index (χ1v) is 10.6. The third-order valence-electron chi connectivity index (χ3n) is 4.01. The summed E-state index contributed by atoms with van der Waals surface area (Å²) >= 11 is 6.04. The van der Waals surface area contributed by atoms with Gasteiger partial charge < -0.3 is 5.32 Å². The Kier molecular flexibility index (Phi) is 7.54. The van der Waals surface area contributed by atoms with E-state index in [1.807, 2.05) is 6.92 Å². The summed E-state index contributed by atoms with van der Waals surface area (Å²) < 4.78 is 66.3. The average molecular weight is 449 g/mol. The molecule has 2 aromatic rings. The number of sulfonamides is 1. The fourth-order valence-corrected chi connectivity index (χ4v) is 4.21. The summed E-state index contributed by atoms with van der Waals surface area (Å²) in [4.78, 5) is 12.1. The molecule has 0 aliphatic carbocycles. The monoisotopic (exact) mass is 448 g/mol. The molecule has 0 aromatic heterocycles. The van der Waals surface area contributed by atoms with Gasteiger partial charge in [-0.25, -0.2) is 8.42 Å². The van der Waals surface area contributed by atoms with E-state index in [0.717, 1.165) is 18.6 Å². The van der Waals surface area contributed by atoms with Gasteiger partial charge in [0.1, 0.15) is 6.54 Å². The van der Waals surface area contributed by atoms with Crippen LogP contribution in [-0.2, 0) is 21.0 Å². The number of nitrogens with one attached hydrogen (secondary N) is 1. The van der Waals surface area contributed by atoms with Gasteiger partial charge in [0.2, 0.25) is 5.91 Å². The average Bonchev–Trinajstić information content (AvgIpc) is 2.66. The van der Waals surface area contributed by atoms with Crippen LogP contribution >= 0.6 is 11.6 Å². The van der Waals surface area contributed by atoms with Gasteiger partial charge in [-0.1, -0.05) is 43.1 Å². The largest absolute Gasteiger partial charge is 0.416 e. The van der Waals surface area contributed by atoms with E-state index in [1.54, 1.807) is 6.07 Å². The summed E-state index contributed by atoms with van der Waals surface area (Å²) in [5.41, 5.74) is -1.49. The van der Waals surface area contributed by atoms with Crippen molar-refractivity contribution in [3.63, 3.8) is 0 Å². The molecule has 0 fully saturated rings. The summed E-state index contributed by atoms with van der Waals surface area (Å²) in [6.45, 7) is 1.54. The van der Waals surface area contributed by atoms with Crippen molar-refractivity contribution >= 4 is 33.2 Å². The number of halogens is 4. The maximum absolute atomic E-state index is 13.2. The first-order chi connectivity index (χ1) is 13.6. The molecule has 10 heteroatoms. The predicted octanol–water partition coefficient (Wildman–Crippen LogP) is 4.47. The molecule has 158 valence electrons. The van der Waals surface area contributed by atoms with E-state index < -0.39 is 39.9 Å². The second kappa shape index (κ2) is 9.49. The normalized spacial score (nSPS) is 11.9. The van der Waals surface area contributed by atoms with E-state index in [0.29, 0.717) is 23.3 Å². The highest BCUT2D eigenvalue weighted by atomic mass is 35.5. The molecule has 1 N–H and O–H groups in total. The zero-order chi connectivity index (χ0) is 21.7. The van der Waals surface area contributed by atoms with Gasteiger partial charge in [0, 0.05) is 6.54 Å². The van der Waals surface area contributed by atoms with Gasteiger partial charge >= 0.3 is 6.18 Å². The quantitative estimate of drug-likeness (QED) is 0.606. The Morgan fingerprint density at radius 2 is 1.79 bits per heavy atom. The van der Waals surface area contributed by atoms with Crippen LogP contribution in [-0.4, -0.2) is 27.4 Å². The van der Waals surface area contributed by atoms with Crippen LogP contribution in [0, 0.1) is 0 Å². The Balaban J connectivity index is 2.52. The van der Waals surface area contributed by atoms with Crippen molar-refractivity contribution in [1.82, 2.24) is 5.32 Å². The first-order valence-electron chi connectivity index (χ1n) is 8.78. The smallest absolute Gasteiger partial charge is 0.355 e. The number of alkyl halides is 3. The lowest BCUT2D eigenvalue weighted by molar-refractivity contribution is -0.137. The fraction of sp³-hybridized carbons (Fsp3) is 0.316. The van der Waals surface area contributed by atoms with Gasteiger partial charge in [0.15, 0.2) is 0 Å². The van der Waals surface area contributed by atoms with E-state index in [9.17, 15) is 26.4 Å². The molecule has 0 unspecified atom stereocenters. The number of hydrogen-bond donors (Lipinski definition) is 1. The lowest BCUT2D eigenvalue weighted by Crippen LogP contribution is -2.41. The van der Waals surface area contributed by atoms with E-state index in [2.05, 4.69) is 5.32 Å². The second-order valence-corrected chi connectivity index (χ2v) is 8.46. The van der Waals surface area contributed by atoms with E-state index in [4.69, 9.17) is 11.6 Å². The molecule has 0 spiro atoms. The molecule has 0 atom stereocenters. The third kappa shape index (κ3) is 5.86. The third-order valence-corrected chi connectivity index (χ3v) is 6.11. The van der Waals surface area contributed by atoms with Gasteiger partial charge in [0.05, 0.1) is 21.2 Å². The van der Waals surface area contributed by atoms with Crippen LogP contribution in [0.25, 0.3) is 0 Å². The van der Waals surface area contributed by atoms with Crippen molar-refractivity contribution in [3.8, 4) is 0 Å². The lowest BCUT2D eigenvalue weighted by Gasteiger charge is -2.25. The Hall–Kier alpha value is -2.26. The maximum atomic E-state index is 13.2. The Morgan fingerprint density at radius 3 is 2.38 bits per heavy atom. The summed E-state index contributed by atoms with van der Waals surface area (Å²) in [6, 6.07) is 9.46. The minimum absolute atomic E-state index is 0.171. The van der Waals surface area contributed by atoms with Crippen LogP contribution in [0.15, 0.2) is 53.4 Å². The van der Waals surface area contributed by atoms with Gasteiger partial charge in [-0.2, -0.15) is 13.2 Å². The predicted molar refractivity (Wildman–Crippen MR) is 105 cm³/mol. The molecule has 0 saturated heterocycles. The molecule has 0 aliphatic rings. The van der Waals surface area contributed by atoms with Gasteiger partial charge in [-0.3, -0.25) is 9.10 Å². The molecule has 2 aromatic carbocycles. The molecule has 0 bridgehead atoms. The van der Waals surface area contributed by atoms with Crippen molar-refractivity contribution in [1.29, 1.82) is 0 Å². The van der Waals surface area contributed by atoms with Crippen LogP contribution in [0.4, 0.5) is 18.9 Å². The topological polar surface area (TPSA) is 66.5 Å². The molecular weight excluding hydrogens is 429 g/mol.